The van der Waals surface area contributed by atoms with Gasteiger partial charge < -0.3 is 9.84 Å². The van der Waals surface area contributed by atoms with Crippen molar-refractivity contribution in [3.8, 4) is 0 Å². The van der Waals surface area contributed by atoms with Crippen molar-refractivity contribution in [3.05, 3.63) is 23.3 Å². The van der Waals surface area contributed by atoms with E-state index in [2.05, 4.69) is 9.97 Å². The molecule has 18 heavy (non-hydrogen) atoms. The molecule has 5 heteroatoms. The number of hydrogen-bond donors (Lipinski definition) is 1. The lowest BCUT2D eigenvalue weighted by Crippen LogP contribution is -2.18. The molecule has 0 amide bonds. The molecule has 0 aromatic carbocycles. The summed E-state index contributed by atoms with van der Waals surface area (Å²) in [6, 6.07) is 1.63. The lowest BCUT2D eigenvalue weighted by molar-refractivity contribution is 0.0687. The normalized spacial score (nSPS) is 20.9. The summed E-state index contributed by atoms with van der Waals surface area (Å²) >= 11 is 0. The van der Waals surface area contributed by atoms with Crippen LogP contribution in [0.2, 0.25) is 0 Å². The average Bonchev–Trinajstić information content (AvgIpc) is 3.23. The molecule has 1 aromatic rings. The predicted octanol–water partition coefficient (Wildman–Crippen LogP) is 1.95. The molecule has 1 aliphatic carbocycles. The molecule has 3 rings (SSSR count). The smallest absolute Gasteiger partial charge is 0.354 e. The number of aromatic carboxylic acids is 1. The Labute approximate surface area is 105 Å². The maximum absolute atomic E-state index is 11.1. The number of carbonyl (C=O) groups is 1. The largest absolute Gasteiger partial charge is 0.477 e. The second kappa shape index (κ2) is 4.65. The minimum Gasteiger partial charge on any atom is -0.477 e. The van der Waals surface area contributed by atoms with Gasteiger partial charge in [0.05, 0.1) is 0 Å². The Kier molecular flexibility index (Phi) is 2.99. The summed E-state index contributed by atoms with van der Waals surface area (Å²) in [4.78, 5) is 19.9. The first-order valence-electron chi connectivity index (χ1n) is 6.44. The third-order valence-electron chi connectivity index (χ3n) is 3.56. The topological polar surface area (TPSA) is 72.3 Å². The van der Waals surface area contributed by atoms with Crippen molar-refractivity contribution in [2.75, 3.05) is 13.2 Å². The fourth-order valence-electron chi connectivity index (χ4n) is 2.32. The molecule has 1 aromatic heterocycles. The third kappa shape index (κ3) is 2.36. The number of rotatable bonds is 3. The van der Waals surface area contributed by atoms with Crippen molar-refractivity contribution < 1.29 is 14.6 Å². The fraction of sp³-hybridized carbons (Fsp3) is 0.615. The van der Waals surface area contributed by atoms with Crippen LogP contribution in [-0.2, 0) is 4.74 Å². The van der Waals surface area contributed by atoms with Gasteiger partial charge in [0.1, 0.15) is 5.82 Å². The molecule has 0 unspecified atom stereocenters. The summed E-state index contributed by atoms with van der Waals surface area (Å²) < 4.78 is 5.32. The minimum atomic E-state index is -0.965. The van der Waals surface area contributed by atoms with Crippen LogP contribution in [0.1, 0.15) is 59.5 Å². The van der Waals surface area contributed by atoms with Crippen molar-refractivity contribution in [2.45, 2.75) is 37.5 Å². The summed E-state index contributed by atoms with van der Waals surface area (Å²) in [7, 11) is 0. The van der Waals surface area contributed by atoms with Crippen molar-refractivity contribution in [3.63, 3.8) is 0 Å². The summed E-state index contributed by atoms with van der Waals surface area (Å²) in [5, 5.41) is 9.12. The first-order chi connectivity index (χ1) is 8.74. The number of ether oxygens (including phenoxy) is 1. The van der Waals surface area contributed by atoms with Crippen molar-refractivity contribution in [1.29, 1.82) is 0 Å². The van der Waals surface area contributed by atoms with Crippen LogP contribution >= 0.6 is 0 Å². The average molecular weight is 248 g/mol. The van der Waals surface area contributed by atoms with E-state index in [0.29, 0.717) is 25.0 Å². The first kappa shape index (κ1) is 11.6. The monoisotopic (exact) mass is 248 g/mol. The van der Waals surface area contributed by atoms with Gasteiger partial charge >= 0.3 is 5.97 Å². The van der Waals surface area contributed by atoms with E-state index in [4.69, 9.17) is 9.84 Å². The zero-order valence-corrected chi connectivity index (χ0v) is 10.1. The van der Waals surface area contributed by atoms with E-state index >= 15 is 0 Å². The highest BCUT2D eigenvalue weighted by molar-refractivity contribution is 5.85. The Morgan fingerprint density at radius 1 is 1.17 bits per heavy atom. The highest BCUT2D eigenvalue weighted by Gasteiger charge is 2.28. The van der Waals surface area contributed by atoms with E-state index in [1.165, 1.54) is 0 Å². The Hall–Kier alpha value is -1.49. The molecule has 0 spiro atoms. The highest BCUT2D eigenvalue weighted by Crippen LogP contribution is 2.39. The first-order valence-corrected chi connectivity index (χ1v) is 6.44. The third-order valence-corrected chi connectivity index (χ3v) is 3.56. The lowest BCUT2D eigenvalue weighted by atomic mass is 9.99. The molecular weight excluding hydrogens is 232 g/mol. The maximum atomic E-state index is 11.1. The quantitative estimate of drug-likeness (QED) is 0.885. The minimum absolute atomic E-state index is 0.133. The zero-order valence-electron chi connectivity index (χ0n) is 10.1. The van der Waals surface area contributed by atoms with E-state index in [1.807, 2.05) is 0 Å². The SMILES string of the molecule is O=C(O)c1cc(C2CC2)nc(C2CCOCC2)n1. The molecule has 1 aliphatic heterocycles. The van der Waals surface area contributed by atoms with Crippen LogP contribution in [0.25, 0.3) is 0 Å². The van der Waals surface area contributed by atoms with Gasteiger partial charge in [-0.2, -0.15) is 0 Å². The number of hydrogen-bond acceptors (Lipinski definition) is 4. The van der Waals surface area contributed by atoms with Gasteiger partial charge in [0.2, 0.25) is 0 Å². The predicted molar refractivity (Wildman–Crippen MR) is 63.8 cm³/mol. The molecule has 1 saturated carbocycles. The molecule has 0 radical (unpaired) electrons. The van der Waals surface area contributed by atoms with Crippen LogP contribution in [-0.4, -0.2) is 34.3 Å². The second-order valence-electron chi connectivity index (χ2n) is 5.00. The number of carboxylic acid groups (broad SMARTS) is 1. The van der Waals surface area contributed by atoms with Crippen molar-refractivity contribution in [1.82, 2.24) is 9.97 Å². The van der Waals surface area contributed by atoms with Crippen molar-refractivity contribution in [2.24, 2.45) is 0 Å². The van der Waals surface area contributed by atoms with E-state index in [9.17, 15) is 4.79 Å². The van der Waals surface area contributed by atoms with Gasteiger partial charge in [0, 0.05) is 30.7 Å². The summed E-state index contributed by atoms with van der Waals surface area (Å²) in [6.45, 7) is 1.42. The summed E-state index contributed by atoms with van der Waals surface area (Å²) in [5.74, 6) is 0.424. The van der Waals surface area contributed by atoms with Crippen LogP contribution in [0.3, 0.4) is 0 Å². The number of aromatic nitrogens is 2. The molecule has 1 N–H and O–H groups in total. The van der Waals surface area contributed by atoms with Crippen LogP contribution in [0.4, 0.5) is 0 Å². The number of nitrogens with zero attached hydrogens (tertiary/aromatic N) is 2. The Balaban J connectivity index is 1.93. The molecule has 2 aliphatic rings. The van der Waals surface area contributed by atoms with Gasteiger partial charge in [-0.25, -0.2) is 14.8 Å². The Morgan fingerprint density at radius 3 is 2.50 bits per heavy atom. The molecule has 0 atom stereocenters. The molecule has 0 bridgehead atoms. The van der Waals surface area contributed by atoms with Gasteiger partial charge in [-0.05, 0) is 31.7 Å². The van der Waals surface area contributed by atoms with Crippen molar-refractivity contribution >= 4 is 5.97 Å². The van der Waals surface area contributed by atoms with Gasteiger partial charge in [-0.15, -0.1) is 0 Å². The second-order valence-corrected chi connectivity index (χ2v) is 5.00. The van der Waals surface area contributed by atoms with Crippen LogP contribution in [0, 0.1) is 0 Å². The van der Waals surface area contributed by atoms with E-state index in [0.717, 1.165) is 31.4 Å². The summed E-state index contributed by atoms with van der Waals surface area (Å²) in [5.41, 5.74) is 1.04. The molecule has 2 fully saturated rings. The van der Waals surface area contributed by atoms with Gasteiger partial charge in [-0.1, -0.05) is 0 Å². The van der Waals surface area contributed by atoms with Crippen LogP contribution in [0.15, 0.2) is 6.07 Å². The van der Waals surface area contributed by atoms with Crippen LogP contribution in [0.5, 0.6) is 0 Å². The van der Waals surface area contributed by atoms with Crippen LogP contribution < -0.4 is 0 Å². The summed E-state index contributed by atoms with van der Waals surface area (Å²) in [6.07, 6.45) is 3.99. The molecule has 96 valence electrons. The zero-order chi connectivity index (χ0) is 12.5. The van der Waals surface area contributed by atoms with E-state index < -0.39 is 5.97 Å². The Morgan fingerprint density at radius 2 is 1.89 bits per heavy atom. The number of carboxylic acids is 1. The fourth-order valence-corrected chi connectivity index (χ4v) is 2.32. The Bertz CT molecular complexity index is 465. The highest BCUT2D eigenvalue weighted by atomic mass is 16.5. The van der Waals surface area contributed by atoms with E-state index in [1.54, 1.807) is 6.07 Å². The van der Waals surface area contributed by atoms with Gasteiger partial charge in [-0.3, -0.25) is 0 Å². The van der Waals surface area contributed by atoms with Gasteiger partial charge in [0.25, 0.3) is 0 Å². The van der Waals surface area contributed by atoms with E-state index in [-0.39, 0.29) is 11.6 Å². The van der Waals surface area contributed by atoms with Gasteiger partial charge in [0.15, 0.2) is 5.69 Å². The standard InChI is InChI=1S/C13H16N2O3/c16-13(17)11-7-10(8-1-2-8)14-12(15-11)9-3-5-18-6-4-9/h7-9H,1-6H2,(H,16,17). The molecular formula is C13H16N2O3. The maximum Gasteiger partial charge on any atom is 0.354 e. The lowest BCUT2D eigenvalue weighted by Gasteiger charge is -2.21. The molecule has 5 nitrogen and oxygen atoms in total. The molecule has 1 saturated heterocycles. The molecule has 2 heterocycles.